The molecule has 1 aromatic heterocycles. The topological polar surface area (TPSA) is 43.4 Å². The van der Waals surface area contributed by atoms with E-state index in [4.69, 9.17) is 9.57 Å². The molecule has 0 unspecified atom stereocenters. The molecule has 2 fully saturated rings. The van der Waals surface area contributed by atoms with Crippen LogP contribution in [0.4, 0.5) is 5.69 Å². The molecule has 0 saturated carbocycles. The van der Waals surface area contributed by atoms with Crippen LogP contribution in [0.2, 0.25) is 0 Å². The van der Waals surface area contributed by atoms with Gasteiger partial charge in [0.15, 0.2) is 0 Å². The molecule has 1 N–H and O–H groups in total. The monoisotopic (exact) mass is 374 g/mol. The van der Waals surface area contributed by atoms with E-state index in [1.807, 2.05) is 18.5 Å². The van der Waals surface area contributed by atoms with E-state index in [9.17, 15) is 0 Å². The van der Waals surface area contributed by atoms with Gasteiger partial charge in [-0.2, -0.15) is 0 Å². The minimum atomic E-state index is 0. The van der Waals surface area contributed by atoms with E-state index in [1.165, 1.54) is 16.7 Å². The number of hydrogen-bond acceptors (Lipinski definition) is 4. The molecule has 5 rings (SSSR count). The summed E-state index contributed by atoms with van der Waals surface area (Å²) >= 11 is 0. The molecule has 0 aliphatic carbocycles. The van der Waals surface area contributed by atoms with Crippen molar-refractivity contribution in [3.63, 3.8) is 0 Å². The lowest BCUT2D eigenvalue weighted by molar-refractivity contribution is 0.0678. The Labute approximate surface area is 167 Å². The highest BCUT2D eigenvalue weighted by molar-refractivity contribution is 5.65. The lowest BCUT2D eigenvalue weighted by atomic mass is 9.76. The summed E-state index contributed by atoms with van der Waals surface area (Å²) < 4.78 is 6.19. The second kappa shape index (κ2) is 7.74. The fourth-order valence-corrected chi connectivity index (χ4v) is 4.62. The first-order chi connectivity index (χ1) is 13.9. The molecule has 3 heterocycles. The van der Waals surface area contributed by atoms with E-state index < -0.39 is 0 Å². The Bertz CT molecular complexity index is 905. The van der Waals surface area contributed by atoms with Crippen molar-refractivity contribution in [2.45, 2.75) is 31.0 Å². The molecule has 0 radical (unpaired) electrons. The largest absolute Gasteiger partial charge is 0.374 e. The Morgan fingerprint density at radius 2 is 1.61 bits per heavy atom. The van der Waals surface area contributed by atoms with Crippen molar-refractivity contribution in [2.75, 3.05) is 12.1 Å². The predicted octanol–water partition coefficient (Wildman–Crippen LogP) is 5.30. The zero-order valence-corrected chi connectivity index (χ0v) is 15.7. The van der Waals surface area contributed by atoms with Gasteiger partial charge >= 0.3 is 0 Å². The number of aromatic nitrogens is 1. The highest BCUT2D eigenvalue weighted by Crippen LogP contribution is 2.48. The van der Waals surface area contributed by atoms with E-state index in [2.05, 4.69) is 71.1 Å². The van der Waals surface area contributed by atoms with Crippen molar-refractivity contribution < 1.29 is 11.0 Å². The zero-order valence-electron chi connectivity index (χ0n) is 15.7. The minimum absolute atomic E-state index is 0. The molecule has 0 amide bonds. The smallest absolute Gasteiger partial charge is 0.0805 e. The van der Waals surface area contributed by atoms with Crippen LogP contribution in [0.25, 0.3) is 11.1 Å². The van der Waals surface area contributed by atoms with Crippen molar-refractivity contribution in [1.82, 2.24) is 4.98 Å². The Balaban J connectivity index is 0.00000205. The molecule has 4 nitrogen and oxygen atoms in total. The first-order valence-corrected chi connectivity index (χ1v) is 9.97. The van der Waals surface area contributed by atoms with Gasteiger partial charge in [0.05, 0.1) is 24.5 Å². The fraction of sp³-hybridized carbons (Fsp3) is 0.292. The molecule has 0 spiro atoms. The highest BCUT2D eigenvalue weighted by Gasteiger charge is 2.49. The van der Waals surface area contributed by atoms with Crippen molar-refractivity contribution in [1.29, 1.82) is 0 Å². The van der Waals surface area contributed by atoms with Gasteiger partial charge < -0.3 is 4.74 Å². The SMILES string of the molecule is [HH].c1ccc(-c2ccc(NOC[C@@H]3[C@H](c4ccncc4)[C@@H]4CC[C@H]3O4)cc2)cc1. The van der Waals surface area contributed by atoms with E-state index >= 15 is 0 Å². The van der Waals surface area contributed by atoms with Crippen LogP contribution < -0.4 is 5.48 Å². The van der Waals surface area contributed by atoms with Crippen LogP contribution in [0.1, 0.15) is 25.7 Å². The molecule has 2 bridgehead atoms. The number of rotatable bonds is 6. The summed E-state index contributed by atoms with van der Waals surface area (Å²) in [5, 5.41) is 0. The van der Waals surface area contributed by atoms with Gasteiger partial charge in [0, 0.05) is 25.7 Å². The number of benzene rings is 2. The van der Waals surface area contributed by atoms with Crippen LogP contribution in [0.15, 0.2) is 79.1 Å². The quantitative estimate of drug-likeness (QED) is 0.595. The third-order valence-electron chi connectivity index (χ3n) is 5.97. The van der Waals surface area contributed by atoms with Gasteiger partial charge in [-0.25, -0.2) is 0 Å². The lowest BCUT2D eigenvalue weighted by Crippen LogP contribution is -2.30. The van der Waals surface area contributed by atoms with Gasteiger partial charge in [0.1, 0.15) is 0 Å². The van der Waals surface area contributed by atoms with Crippen LogP contribution in [-0.2, 0) is 9.57 Å². The minimum Gasteiger partial charge on any atom is -0.374 e. The third kappa shape index (κ3) is 3.41. The standard InChI is InChI=1S/C24H24N2O2.H2/c1-2-4-17(5-3-1)18-6-8-20(9-7-18)26-27-16-21-22-10-11-23(28-22)24(21)19-12-14-25-15-13-19;/h1-9,12-15,21-24,26H,10-11,16H2;1H/t21-,22+,23-,24-;/m0./s1. The number of hydrogen-bond donors (Lipinski definition) is 1. The number of anilines is 1. The molecule has 3 aromatic rings. The second-order valence-electron chi connectivity index (χ2n) is 7.62. The Hall–Kier alpha value is -2.69. The zero-order chi connectivity index (χ0) is 18.8. The molecule has 4 atom stereocenters. The number of fused-ring (bicyclic) bond motifs is 2. The molecular formula is C24H26N2O2. The van der Waals surface area contributed by atoms with Gasteiger partial charge in [0.2, 0.25) is 0 Å². The summed E-state index contributed by atoms with van der Waals surface area (Å²) in [6, 6.07) is 22.9. The lowest BCUT2D eigenvalue weighted by Gasteiger charge is -2.28. The number of nitrogens with one attached hydrogen (secondary N) is 1. The van der Waals surface area contributed by atoms with E-state index in [1.54, 1.807) is 0 Å². The van der Waals surface area contributed by atoms with Crippen LogP contribution in [-0.4, -0.2) is 23.8 Å². The van der Waals surface area contributed by atoms with Crippen molar-refractivity contribution in [3.8, 4) is 11.1 Å². The third-order valence-corrected chi connectivity index (χ3v) is 5.97. The maximum atomic E-state index is 6.19. The van der Waals surface area contributed by atoms with Crippen LogP contribution >= 0.6 is 0 Å². The summed E-state index contributed by atoms with van der Waals surface area (Å²) in [6.07, 6.45) is 6.61. The van der Waals surface area contributed by atoms with Gasteiger partial charge in [-0.05, 0) is 53.8 Å². The number of ether oxygens (including phenoxy) is 1. The second-order valence-corrected chi connectivity index (χ2v) is 7.62. The van der Waals surface area contributed by atoms with Crippen LogP contribution in [0.5, 0.6) is 0 Å². The Kier molecular flexibility index (Phi) is 4.81. The molecule has 28 heavy (non-hydrogen) atoms. The maximum absolute atomic E-state index is 6.19. The number of pyridine rings is 1. The normalized spacial score (nSPS) is 25.7. The first-order valence-electron chi connectivity index (χ1n) is 9.97. The van der Waals surface area contributed by atoms with Gasteiger partial charge in [0.25, 0.3) is 0 Å². The molecule has 2 aliphatic heterocycles. The molecule has 2 aromatic carbocycles. The summed E-state index contributed by atoms with van der Waals surface area (Å²) in [5.74, 6) is 0.765. The summed E-state index contributed by atoms with van der Waals surface area (Å²) in [5.41, 5.74) is 7.80. The van der Waals surface area contributed by atoms with Crippen LogP contribution in [0.3, 0.4) is 0 Å². The van der Waals surface area contributed by atoms with Crippen molar-refractivity contribution in [2.24, 2.45) is 5.92 Å². The average Bonchev–Trinajstić information content (AvgIpc) is 3.37. The molecular weight excluding hydrogens is 348 g/mol. The molecule has 4 heteroatoms. The first kappa shape index (κ1) is 17.4. The predicted molar refractivity (Wildman–Crippen MR) is 112 cm³/mol. The van der Waals surface area contributed by atoms with Gasteiger partial charge in [-0.15, -0.1) is 0 Å². The maximum Gasteiger partial charge on any atom is 0.0805 e. The molecule has 144 valence electrons. The summed E-state index contributed by atoms with van der Waals surface area (Å²) in [7, 11) is 0. The highest BCUT2D eigenvalue weighted by atomic mass is 16.6. The van der Waals surface area contributed by atoms with Gasteiger partial charge in [-0.1, -0.05) is 42.5 Å². The fourth-order valence-electron chi connectivity index (χ4n) is 4.62. The van der Waals surface area contributed by atoms with Crippen LogP contribution in [0, 0.1) is 5.92 Å². The summed E-state index contributed by atoms with van der Waals surface area (Å²) in [6.45, 7) is 0.634. The summed E-state index contributed by atoms with van der Waals surface area (Å²) in [4.78, 5) is 10.1. The number of nitrogens with zero attached hydrogens (tertiary/aromatic N) is 1. The average molecular weight is 374 g/mol. The van der Waals surface area contributed by atoms with Gasteiger partial charge in [-0.3, -0.25) is 15.3 Å². The van der Waals surface area contributed by atoms with E-state index in [0.29, 0.717) is 30.7 Å². The van der Waals surface area contributed by atoms with E-state index in [0.717, 1.165) is 18.5 Å². The Morgan fingerprint density at radius 1 is 0.893 bits per heavy atom. The molecule has 2 aliphatic rings. The molecule has 2 saturated heterocycles. The van der Waals surface area contributed by atoms with Crippen molar-refractivity contribution in [3.05, 3.63) is 84.7 Å². The Morgan fingerprint density at radius 3 is 2.39 bits per heavy atom. The van der Waals surface area contributed by atoms with Crippen molar-refractivity contribution >= 4 is 5.69 Å². The van der Waals surface area contributed by atoms with E-state index in [-0.39, 0.29) is 1.43 Å².